The van der Waals surface area contributed by atoms with Crippen LogP contribution in [-0.2, 0) is 16.0 Å². The first-order chi connectivity index (χ1) is 10.1. The zero-order chi connectivity index (χ0) is 16.5. The smallest absolute Gasteiger partial charge is 0.303 e. The molecule has 0 atom stereocenters. The number of benzene rings is 1. The number of hydrazone groups is 1. The molecule has 0 spiro atoms. The molecule has 120 valence electrons. The molecular weight excluding hydrogens is 323 g/mol. The van der Waals surface area contributed by atoms with Crippen molar-refractivity contribution in [1.82, 2.24) is 10.3 Å². The van der Waals surface area contributed by atoms with Crippen LogP contribution < -0.4 is 5.43 Å². The van der Waals surface area contributed by atoms with E-state index in [1.807, 2.05) is 0 Å². The number of halogens is 3. The maximum absolute atomic E-state index is 12.5. The molecule has 0 radical (unpaired) electrons. The Balaban J connectivity index is 2.20. The van der Waals surface area contributed by atoms with Gasteiger partial charge in [0.25, 0.3) is 0 Å². The van der Waals surface area contributed by atoms with E-state index in [1.54, 1.807) is 6.92 Å². The molecule has 0 aromatic heterocycles. The van der Waals surface area contributed by atoms with Crippen LogP contribution >= 0.6 is 0 Å². The number of rotatable bonds is 3. The Bertz CT molecular complexity index is 711. The molecule has 1 aromatic carbocycles. The van der Waals surface area contributed by atoms with Crippen molar-refractivity contribution in [3.63, 3.8) is 0 Å². The number of sulfone groups is 1. The summed E-state index contributed by atoms with van der Waals surface area (Å²) in [6.07, 6.45) is -4.54. The maximum Gasteiger partial charge on any atom is 0.416 e. The predicted octanol–water partition coefficient (Wildman–Crippen LogP) is 1.84. The van der Waals surface area contributed by atoms with Crippen molar-refractivity contribution in [3.05, 3.63) is 29.8 Å². The van der Waals surface area contributed by atoms with Gasteiger partial charge in [-0.15, -0.1) is 0 Å². The van der Waals surface area contributed by atoms with Gasteiger partial charge in [0.05, 0.1) is 22.7 Å². The lowest BCUT2D eigenvalue weighted by atomic mass is 10.2. The number of hydrogen-bond acceptors (Lipinski definition) is 4. The minimum atomic E-state index is -4.54. The van der Waals surface area contributed by atoms with E-state index in [-0.39, 0.29) is 11.4 Å². The number of hydrogen-bond donors (Lipinski definition) is 1. The number of nitrogens with zero attached hydrogens (tertiary/aromatic N) is 2. The van der Waals surface area contributed by atoms with Crippen LogP contribution in [0.4, 0.5) is 18.0 Å². The molecule has 1 heterocycles. The molecule has 6 nitrogen and oxygen atoms in total. The first-order valence-corrected chi connectivity index (χ1v) is 7.73. The number of amides is 2. The van der Waals surface area contributed by atoms with Gasteiger partial charge in [0, 0.05) is 0 Å². The van der Waals surface area contributed by atoms with Crippen LogP contribution in [-0.4, -0.2) is 37.5 Å². The van der Waals surface area contributed by atoms with E-state index in [1.165, 1.54) is 0 Å². The molecule has 10 heteroatoms. The highest BCUT2D eigenvalue weighted by Gasteiger charge is 2.31. The van der Waals surface area contributed by atoms with Crippen LogP contribution in [0.1, 0.15) is 12.5 Å². The molecule has 0 unspecified atom stereocenters. The molecule has 22 heavy (non-hydrogen) atoms. The second kappa shape index (κ2) is 5.59. The third-order valence-corrected chi connectivity index (χ3v) is 4.56. The average Bonchev–Trinajstić information content (AvgIpc) is 2.42. The minimum Gasteiger partial charge on any atom is -0.303 e. The summed E-state index contributed by atoms with van der Waals surface area (Å²) in [6.45, 7) is 1.64. The second-order valence-electron chi connectivity index (χ2n) is 4.73. The lowest BCUT2D eigenvalue weighted by molar-refractivity contribution is -0.137. The fourth-order valence-electron chi connectivity index (χ4n) is 1.83. The first-order valence-electron chi connectivity index (χ1n) is 6.08. The maximum atomic E-state index is 12.5. The van der Waals surface area contributed by atoms with Crippen molar-refractivity contribution in [2.24, 2.45) is 5.10 Å². The minimum absolute atomic E-state index is 0.0334. The van der Waals surface area contributed by atoms with Gasteiger partial charge >= 0.3 is 12.2 Å². The Hall–Kier alpha value is -2.10. The fraction of sp³-hybridized carbons (Fsp3) is 0.333. The summed E-state index contributed by atoms with van der Waals surface area (Å²) < 4.78 is 61.7. The molecule has 2 rings (SSSR count). The van der Waals surface area contributed by atoms with Gasteiger partial charge in [0.15, 0.2) is 9.84 Å². The van der Waals surface area contributed by atoms with E-state index in [0.29, 0.717) is 17.8 Å². The molecule has 2 amide bonds. The number of alkyl halides is 3. The zero-order valence-corrected chi connectivity index (χ0v) is 12.2. The molecule has 0 saturated carbocycles. The summed E-state index contributed by atoms with van der Waals surface area (Å²) in [7, 11) is -3.94. The molecule has 1 aromatic rings. The summed E-state index contributed by atoms with van der Waals surface area (Å²) in [5.74, 6) is -0.642. The number of nitrogens with one attached hydrogen (secondary N) is 1. The lowest BCUT2D eigenvalue weighted by Gasteiger charge is -2.25. The van der Waals surface area contributed by atoms with Crippen LogP contribution in [0.15, 0.2) is 34.3 Å². The summed E-state index contributed by atoms with van der Waals surface area (Å²) in [5.41, 5.74) is 1.72. The van der Waals surface area contributed by atoms with Gasteiger partial charge in [-0.05, 0) is 31.2 Å². The monoisotopic (exact) mass is 335 g/mol. The molecule has 1 N–H and O–H groups in total. The Labute approximate surface area is 124 Å². The second-order valence-corrected chi connectivity index (χ2v) is 6.69. The average molecular weight is 335 g/mol. The molecule has 0 fully saturated rings. The highest BCUT2D eigenvalue weighted by atomic mass is 32.2. The van der Waals surface area contributed by atoms with Crippen LogP contribution in [0.2, 0.25) is 0 Å². The SMILES string of the molecule is CC1=NNC(=O)N(CS(=O)(=O)c2ccc(C(F)(F)F)cc2)C1. The standard InChI is InChI=1S/C12H12F3N3O3S/c1-8-6-18(11(19)17-16-8)7-22(20,21)10-4-2-9(3-5-10)12(13,14)15/h2-5H,6-7H2,1H3,(H,17,19). The normalized spacial score (nSPS) is 16.3. The van der Waals surface area contributed by atoms with E-state index >= 15 is 0 Å². The Kier molecular flexibility index (Phi) is 4.14. The van der Waals surface area contributed by atoms with Crippen molar-refractivity contribution < 1.29 is 26.4 Å². The fourth-order valence-corrected chi connectivity index (χ4v) is 3.15. The molecular formula is C12H12F3N3O3S. The van der Waals surface area contributed by atoms with E-state index in [2.05, 4.69) is 10.5 Å². The number of urea groups is 1. The van der Waals surface area contributed by atoms with Crippen LogP contribution in [0, 0.1) is 0 Å². The van der Waals surface area contributed by atoms with Crippen LogP contribution in [0.3, 0.4) is 0 Å². The molecule has 1 aliphatic rings. The van der Waals surface area contributed by atoms with Crippen LogP contribution in [0.5, 0.6) is 0 Å². The molecule has 0 saturated heterocycles. The quantitative estimate of drug-likeness (QED) is 0.915. The van der Waals surface area contributed by atoms with Crippen LogP contribution in [0.25, 0.3) is 0 Å². The predicted molar refractivity (Wildman–Crippen MR) is 71.8 cm³/mol. The summed E-state index contributed by atoms with van der Waals surface area (Å²) in [5, 5.41) is 3.66. The lowest BCUT2D eigenvalue weighted by Crippen LogP contribution is -2.47. The number of carbonyl (C=O) groups is 1. The van der Waals surface area contributed by atoms with Crippen molar-refractivity contribution in [2.75, 3.05) is 12.4 Å². The molecule has 0 aliphatic carbocycles. The molecule has 0 bridgehead atoms. The Morgan fingerprint density at radius 3 is 2.41 bits per heavy atom. The highest BCUT2D eigenvalue weighted by molar-refractivity contribution is 7.91. The van der Waals surface area contributed by atoms with Gasteiger partial charge in [-0.1, -0.05) is 0 Å². The third kappa shape index (κ3) is 3.56. The van der Waals surface area contributed by atoms with Gasteiger partial charge in [-0.2, -0.15) is 18.3 Å². The van der Waals surface area contributed by atoms with Gasteiger partial charge < -0.3 is 4.90 Å². The first kappa shape index (κ1) is 16.3. The topological polar surface area (TPSA) is 78.8 Å². The van der Waals surface area contributed by atoms with Crippen molar-refractivity contribution in [2.45, 2.75) is 18.0 Å². The van der Waals surface area contributed by atoms with Gasteiger partial charge in [0.1, 0.15) is 5.88 Å². The summed E-state index contributed by atoms with van der Waals surface area (Å²) >= 11 is 0. The largest absolute Gasteiger partial charge is 0.416 e. The zero-order valence-electron chi connectivity index (χ0n) is 11.4. The van der Waals surface area contributed by atoms with Gasteiger partial charge in [0.2, 0.25) is 0 Å². The van der Waals surface area contributed by atoms with Crippen molar-refractivity contribution in [3.8, 4) is 0 Å². The van der Waals surface area contributed by atoms with E-state index < -0.39 is 33.5 Å². The van der Waals surface area contributed by atoms with E-state index in [9.17, 15) is 26.4 Å². The Morgan fingerprint density at radius 1 is 1.27 bits per heavy atom. The highest BCUT2D eigenvalue weighted by Crippen LogP contribution is 2.29. The van der Waals surface area contributed by atoms with Crippen molar-refractivity contribution >= 4 is 21.6 Å². The summed E-state index contributed by atoms with van der Waals surface area (Å²) in [6, 6.07) is 2.45. The third-order valence-electron chi connectivity index (χ3n) is 2.92. The van der Waals surface area contributed by atoms with E-state index in [0.717, 1.165) is 17.0 Å². The van der Waals surface area contributed by atoms with Crippen molar-refractivity contribution in [1.29, 1.82) is 0 Å². The Morgan fingerprint density at radius 2 is 1.86 bits per heavy atom. The van der Waals surface area contributed by atoms with Gasteiger partial charge in [-0.3, -0.25) is 0 Å². The van der Waals surface area contributed by atoms with E-state index in [4.69, 9.17) is 0 Å². The number of carbonyl (C=O) groups excluding carboxylic acids is 1. The molecule has 1 aliphatic heterocycles. The van der Waals surface area contributed by atoms with Gasteiger partial charge in [-0.25, -0.2) is 18.6 Å². The summed E-state index contributed by atoms with van der Waals surface area (Å²) in [4.78, 5) is 12.3.